The number of aromatic nitrogens is 1. The van der Waals surface area contributed by atoms with Crippen LogP contribution in [-0.4, -0.2) is 11.0 Å². The van der Waals surface area contributed by atoms with Gasteiger partial charge in [-0.3, -0.25) is 4.98 Å². The first-order valence-corrected chi connectivity index (χ1v) is 7.55. The van der Waals surface area contributed by atoms with Crippen LogP contribution < -0.4 is 10.1 Å². The molecule has 0 spiro atoms. The summed E-state index contributed by atoms with van der Waals surface area (Å²) in [6, 6.07) is 12.7. The predicted octanol–water partition coefficient (Wildman–Crippen LogP) is 4.24. The summed E-state index contributed by atoms with van der Waals surface area (Å²) in [4.78, 5) is 4.53. The van der Waals surface area contributed by atoms with E-state index in [0.29, 0.717) is 6.04 Å². The molecule has 1 aromatic heterocycles. The van der Waals surface area contributed by atoms with Crippen molar-refractivity contribution in [2.45, 2.75) is 46.7 Å². The van der Waals surface area contributed by atoms with E-state index in [0.717, 1.165) is 35.9 Å². The van der Waals surface area contributed by atoms with Crippen molar-refractivity contribution in [1.82, 2.24) is 10.3 Å². The Bertz CT molecular complexity index is 594. The standard InChI is InChI=1S/C18H24N2O/c1-5-17-18(10-9-14(4)20-17)21-16-8-6-7-15(11-16)12-19-13(2)3/h6-11,13,19H,5,12H2,1-4H3. The van der Waals surface area contributed by atoms with Gasteiger partial charge in [0.25, 0.3) is 0 Å². The maximum atomic E-state index is 6.01. The quantitative estimate of drug-likeness (QED) is 0.861. The number of nitrogens with zero attached hydrogens (tertiary/aromatic N) is 1. The van der Waals surface area contributed by atoms with E-state index in [1.807, 2.05) is 31.2 Å². The minimum absolute atomic E-state index is 0.475. The van der Waals surface area contributed by atoms with E-state index in [9.17, 15) is 0 Å². The summed E-state index contributed by atoms with van der Waals surface area (Å²) in [5, 5.41) is 3.41. The third-order valence-electron chi connectivity index (χ3n) is 3.25. The fraction of sp³-hybridized carbons (Fsp3) is 0.389. The normalized spacial score (nSPS) is 10.9. The molecule has 1 heterocycles. The molecule has 0 fully saturated rings. The molecule has 0 unspecified atom stereocenters. The Morgan fingerprint density at radius 3 is 2.71 bits per heavy atom. The van der Waals surface area contributed by atoms with Crippen molar-refractivity contribution in [2.24, 2.45) is 0 Å². The average molecular weight is 284 g/mol. The van der Waals surface area contributed by atoms with Crippen LogP contribution in [-0.2, 0) is 13.0 Å². The number of aryl methyl sites for hydroxylation is 2. The number of hydrogen-bond acceptors (Lipinski definition) is 3. The molecule has 1 aromatic carbocycles. The van der Waals surface area contributed by atoms with Crippen LogP contribution in [0, 0.1) is 6.92 Å². The highest BCUT2D eigenvalue weighted by Gasteiger charge is 2.06. The van der Waals surface area contributed by atoms with Crippen LogP contribution in [0.25, 0.3) is 0 Å². The zero-order valence-electron chi connectivity index (χ0n) is 13.3. The molecule has 0 bridgehead atoms. The van der Waals surface area contributed by atoms with E-state index in [4.69, 9.17) is 4.74 Å². The Balaban J connectivity index is 2.14. The fourth-order valence-corrected chi connectivity index (χ4v) is 2.11. The van der Waals surface area contributed by atoms with Crippen molar-refractivity contribution < 1.29 is 4.74 Å². The molecule has 0 atom stereocenters. The maximum absolute atomic E-state index is 6.01. The summed E-state index contributed by atoms with van der Waals surface area (Å²) in [5.74, 6) is 1.70. The van der Waals surface area contributed by atoms with Crippen LogP contribution in [0.3, 0.4) is 0 Å². The number of benzene rings is 1. The molecule has 0 radical (unpaired) electrons. The fourth-order valence-electron chi connectivity index (χ4n) is 2.11. The van der Waals surface area contributed by atoms with E-state index >= 15 is 0 Å². The van der Waals surface area contributed by atoms with Gasteiger partial charge in [0.15, 0.2) is 0 Å². The van der Waals surface area contributed by atoms with Crippen molar-refractivity contribution in [1.29, 1.82) is 0 Å². The van der Waals surface area contributed by atoms with Gasteiger partial charge < -0.3 is 10.1 Å². The lowest BCUT2D eigenvalue weighted by Crippen LogP contribution is -2.21. The molecule has 0 aliphatic heterocycles. The second-order valence-corrected chi connectivity index (χ2v) is 5.54. The molecule has 0 saturated carbocycles. The zero-order chi connectivity index (χ0) is 15.2. The number of nitrogens with one attached hydrogen (secondary N) is 1. The van der Waals surface area contributed by atoms with Gasteiger partial charge in [-0.25, -0.2) is 0 Å². The third kappa shape index (κ3) is 4.57. The van der Waals surface area contributed by atoms with Crippen LogP contribution in [0.1, 0.15) is 37.7 Å². The molecule has 3 nitrogen and oxygen atoms in total. The van der Waals surface area contributed by atoms with Gasteiger partial charge in [-0.1, -0.05) is 32.9 Å². The van der Waals surface area contributed by atoms with Crippen LogP contribution in [0.2, 0.25) is 0 Å². The molecule has 0 saturated heterocycles. The van der Waals surface area contributed by atoms with Crippen molar-refractivity contribution in [3.63, 3.8) is 0 Å². The van der Waals surface area contributed by atoms with E-state index in [-0.39, 0.29) is 0 Å². The molecule has 0 aliphatic carbocycles. The van der Waals surface area contributed by atoms with Gasteiger partial charge in [-0.05, 0) is 43.2 Å². The van der Waals surface area contributed by atoms with Gasteiger partial charge in [0.1, 0.15) is 11.5 Å². The van der Waals surface area contributed by atoms with E-state index < -0.39 is 0 Å². The van der Waals surface area contributed by atoms with Crippen molar-refractivity contribution >= 4 is 0 Å². The highest BCUT2D eigenvalue weighted by atomic mass is 16.5. The summed E-state index contributed by atoms with van der Waals surface area (Å²) >= 11 is 0. The largest absolute Gasteiger partial charge is 0.455 e. The van der Waals surface area contributed by atoms with Gasteiger partial charge in [0.05, 0.1) is 5.69 Å². The van der Waals surface area contributed by atoms with Gasteiger partial charge >= 0.3 is 0 Å². The molecule has 0 amide bonds. The summed E-state index contributed by atoms with van der Waals surface area (Å²) in [5.41, 5.74) is 3.24. The van der Waals surface area contributed by atoms with Gasteiger partial charge in [-0.2, -0.15) is 0 Å². The first kappa shape index (κ1) is 15.5. The minimum Gasteiger partial charge on any atom is -0.455 e. The van der Waals surface area contributed by atoms with Crippen molar-refractivity contribution in [2.75, 3.05) is 0 Å². The van der Waals surface area contributed by atoms with Gasteiger partial charge in [-0.15, -0.1) is 0 Å². The first-order valence-electron chi connectivity index (χ1n) is 7.55. The predicted molar refractivity (Wildman–Crippen MR) is 86.8 cm³/mol. The van der Waals surface area contributed by atoms with Crippen LogP contribution in [0.15, 0.2) is 36.4 Å². The minimum atomic E-state index is 0.475. The molecule has 1 N–H and O–H groups in total. The summed E-state index contributed by atoms with van der Waals surface area (Å²) < 4.78 is 6.01. The summed E-state index contributed by atoms with van der Waals surface area (Å²) in [7, 11) is 0. The molecular formula is C18H24N2O. The Morgan fingerprint density at radius 2 is 2.00 bits per heavy atom. The monoisotopic (exact) mass is 284 g/mol. The second-order valence-electron chi connectivity index (χ2n) is 5.54. The number of rotatable bonds is 6. The van der Waals surface area contributed by atoms with Crippen molar-refractivity contribution in [3.05, 3.63) is 53.3 Å². The highest BCUT2D eigenvalue weighted by Crippen LogP contribution is 2.25. The smallest absolute Gasteiger partial charge is 0.148 e. The lowest BCUT2D eigenvalue weighted by Gasteiger charge is -2.12. The first-order chi connectivity index (χ1) is 10.1. The molecule has 3 heteroatoms. The molecular weight excluding hydrogens is 260 g/mol. The summed E-state index contributed by atoms with van der Waals surface area (Å²) in [6.07, 6.45) is 0.867. The van der Waals surface area contributed by atoms with E-state index in [1.54, 1.807) is 0 Å². The Kier molecular flexibility index (Phi) is 5.34. The molecule has 2 aromatic rings. The molecule has 2 rings (SSSR count). The van der Waals surface area contributed by atoms with E-state index in [1.165, 1.54) is 5.56 Å². The summed E-state index contributed by atoms with van der Waals surface area (Å²) in [6.45, 7) is 9.23. The number of hydrogen-bond donors (Lipinski definition) is 1. The van der Waals surface area contributed by atoms with Crippen LogP contribution in [0.5, 0.6) is 11.5 Å². The van der Waals surface area contributed by atoms with Crippen LogP contribution in [0.4, 0.5) is 0 Å². The SMILES string of the molecule is CCc1nc(C)ccc1Oc1cccc(CNC(C)C)c1. The van der Waals surface area contributed by atoms with Gasteiger partial charge in [0.2, 0.25) is 0 Å². The molecule has 21 heavy (non-hydrogen) atoms. The molecule has 0 aliphatic rings. The van der Waals surface area contributed by atoms with Gasteiger partial charge in [0, 0.05) is 18.3 Å². The Hall–Kier alpha value is -1.87. The highest BCUT2D eigenvalue weighted by molar-refractivity contribution is 5.36. The zero-order valence-corrected chi connectivity index (χ0v) is 13.3. The topological polar surface area (TPSA) is 34.1 Å². The van der Waals surface area contributed by atoms with Crippen molar-refractivity contribution in [3.8, 4) is 11.5 Å². The number of pyridine rings is 1. The average Bonchev–Trinajstić information content (AvgIpc) is 2.47. The third-order valence-corrected chi connectivity index (χ3v) is 3.25. The second kappa shape index (κ2) is 7.23. The van der Waals surface area contributed by atoms with Crippen LogP contribution >= 0.6 is 0 Å². The van der Waals surface area contributed by atoms with E-state index in [2.05, 4.69) is 43.2 Å². The maximum Gasteiger partial charge on any atom is 0.148 e. The lowest BCUT2D eigenvalue weighted by molar-refractivity contribution is 0.471. The Labute approximate surface area is 127 Å². The molecule has 112 valence electrons. The number of ether oxygens (including phenoxy) is 1. The lowest BCUT2D eigenvalue weighted by atomic mass is 10.2. The Morgan fingerprint density at radius 1 is 1.19 bits per heavy atom.